The van der Waals surface area contributed by atoms with Gasteiger partial charge in [-0.2, -0.15) is 0 Å². The van der Waals surface area contributed by atoms with Crippen molar-refractivity contribution in [2.24, 2.45) is 0 Å². The van der Waals surface area contributed by atoms with Gasteiger partial charge in [-0.3, -0.25) is 0 Å². The fraction of sp³-hybridized carbons (Fsp3) is 0.192. The summed E-state index contributed by atoms with van der Waals surface area (Å²) in [5.74, 6) is -0.296. The van der Waals surface area contributed by atoms with E-state index in [9.17, 15) is 4.79 Å². The lowest BCUT2D eigenvalue weighted by atomic mass is 10.0. The average molecular weight is 449 g/mol. The zero-order chi connectivity index (χ0) is 20.6. The van der Waals surface area contributed by atoms with Crippen LogP contribution in [0.4, 0.5) is 0 Å². The van der Waals surface area contributed by atoms with Gasteiger partial charge < -0.3 is 4.74 Å². The first-order valence-corrected chi connectivity index (χ1v) is 10.6. The maximum Gasteiger partial charge on any atom is 0.338 e. The molecule has 0 unspecified atom stereocenters. The van der Waals surface area contributed by atoms with Gasteiger partial charge in [0.05, 0.1) is 5.56 Å². The first-order chi connectivity index (χ1) is 14.0. The van der Waals surface area contributed by atoms with Crippen LogP contribution in [0.3, 0.4) is 0 Å². The summed E-state index contributed by atoms with van der Waals surface area (Å²) in [6.45, 7) is 4.22. The smallest absolute Gasteiger partial charge is 0.338 e. The number of aryl methyl sites for hydroxylation is 3. The minimum absolute atomic E-state index is 0.296. The molecule has 0 spiro atoms. The van der Waals surface area contributed by atoms with Gasteiger partial charge in [0.15, 0.2) is 0 Å². The number of rotatable bonds is 7. The van der Waals surface area contributed by atoms with Crippen molar-refractivity contribution >= 4 is 28.0 Å². The third kappa shape index (κ3) is 6.72. The molecule has 3 heteroatoms. The van der Waals surface area contributed by atoms with Gasteiger partial charge in [-0.15, -0.1) is 0 Å². The molecular weight excluding hydrogens is 424 g/mol. The fourth-order valence-corrected chi connectivity index (χ4v) is 3.74. The van der Waals surface area contributed by atoms with E-state index in [1.54, 1.807) is 12.1 Å². The molecule has 0 aliphatic carbocycles. The number of carbonyl (C=O) groups is 1. The van der Waals surface area contributed by atoms with Crippen LogP contribution in [0.1, 0.15) is 39.0 Å². The molecule has 0 bridgehead atoms. The van der Waals surface area contributed by atoms with Crippen molar-refractivity contribution in [2.45, 2.75) is 32.8 Å². The molecule has 0 saturated heterocycles. The van der Waals surface area contributed by atoms with Crippen LogP contribution in [0.5, 0.6) is 0 Å². The van der Waals surface area contributed by atoms with Crippen LogP contribution in [-0.2, 0) is 11.2 Å². The number of halogens is 1. The van der Waals surface area contributed by atoms with Crippen LogP contribution < -0.4 is 0 Å². The fourth-order valence-electron chi connectivity index (χ4n) is 3.33. The average Bonchev–Trinajstić information content (AvgIpc) is 2.70. The van der Waals surface area contributed by atoms with E-state index in [1.165, 1.54) is 16.7 Å². The minimum atomic E-state index is -0.303. The first kappa shape index (κ1) is 21.1. The Hall–Kier alpha value is -2.65. The molecule has 0 amide bonds. The van der Waals surface area contributed by atoms with Crippen LogP contribution in [0.25, 0.3) is 6.08 Å². The predicted molar refractivity (Wildman–Crippen MR) is 123 cm³/mol. The zero-order valence-electron chi connectivity index (χ0n) is 16.8. The maximum atomic E-state index is 12.6. The number of hydrogen-bond donors (Lipinski definition) is 0. The Kier molecular flexibility index (Phi) is 7.42. The molecule has 0 N–H and O–H groups in total. The van der Waals surface area contributed by atoms with E-state index < -0.39 is 0 Å². The van der Waals surface area contributed by atoms with E-state index in [1.807, 2.05) is 54.6 Å². The highest BCUT2D eigenvalue weighted by atomic mass is 79.9. The highest BCUT2D eigenvalue weighted by Crippen LogP contribution is 2.17. The van der Waals surface area contributed by atoms with Gasteiger partial charge in [-0.05, 0) is 68.2 Å². The van der Waals surface area contributed by atoms with E-state index in [2.05, 4.69) is 48.0 Å². The molecule has 0 radical (unpaired) electrons. The molecule has 3 rings (SSSR count). The topological polar surface area (TPSA) is 26.3 Å². The molecule has 0 saturated carbocycles. The molecule has 1 atom stereocenters. The molecule has 0 aliphatic heterocycles. The molecule has 0 fully saturated rings. The van der Waals surface area contributed by atoms with Gasteiger partial charge in [-0.1, -0.05) is 81.7 Å². The predicted octanol–water partition coefficient (Wildman–Crippen LogP) is 6.94. The number of benzene rings is 3. The van der Waals surface area contributed by atoms with Gasteiger partial charge in [0.2, 0.25) is 0 Å². The Balaban J connectivity index is 1.75. The molecule has 0 heterocycles. The summed E-state index contributed by atoms with van der Waals surface area (Å²) < 4.78 is 6.85. The van der Waals surface area contributed by atoms with E-state index in [0.717, 1.165) is 22.9 Å². The molecular formula is C26H25BrO2. The second-order valence-corrected chi connectivity index (χ2v) is 8.17. The third-order valence-electron chi connectivity index (χ3n) is 4.62. The molecule has 29 heavy (non-hydrogen) atoms. The second kappa shape index (κ2) is 10.2. The summed E-state index contributed by atoms with van der Waals surface area (Å²) in [4.78, 5) is 12.6. The van der Waals surface area contributed by atoms with Gasteiger partial charge in [0, 0.05) is 4.47 Å². The van der Waals surface area contributed by atoms with Gasteiger partial charge >= 0.3 is 5.97 Å². The van der Waals surface area contributed by atoms with Crippen molar-refractivity contribution in [1.82, 2.24) is 0 Å². The van der Waals surface area contributed by atoms with E-state index in [-0.39, 0.29) is 12.1 Å². The Morgan fingerprint density at radius 1 is 0.966 bits per heavy atom. The highest BCUT2D eigenvalue weighted by Gasteiger charge is 2.14. The largest absolute Gasteiger partial charge is 0.455 e. The standard InChI is InChI=1S/C26H25BrO2/c1-19-15-20(2)17-22(16-19)12-14-25(13-11-21-7-6-10-24(27)18-21)29-26(28)23-8-4-3-5-9-23/h3-11,13,15-18,25H,12,14H2,1-2H3/b13-11+/t25-/m0/s1. The van der Waals surface area contributed by atoms with E-state index >= 15 is 0 Å². The van der Waals surface area contributed by atoms with Gasteiger partial charge in [-0.25, -0.2) is 4.79 Å². The van der Waals surface area contributed by atoms with Crippen LogP contribution in [-0.4, -0.2) is 12.1 Å². The van der Waals surface area contributed by atoms with Gasteiger partial charge in [0.25, 0.3) is 0 Å². The lowest BCUT2D eigenvalue weighted by Gasteiger charge is -2.15. The Morgan fingerprint density at radius 2 is 1.69 bits per heavy atom. The normalized spacial score (nSPS) is 12.1. The summed E-state index contributed by atoms with van der Waals surface area (Å²) in [5, 5.41) is 0. The molecule has 2 nitrogen and oxygen atoms in total. The van der Waals surface area contributed by atoms with Crippen molar-refractivity contribution in [3.8, 4) is 0 Å². The van der Waals surface area contributed by atoms with Crippen molar-refractivity contribution in [3.63, 3.8) is 0 Å². The second-order valence-electron chi connectivity index (χ2n) is 7.26. The zero-order valence-corrected chi connectivity index (χ0v) is 18.4. The van der Waals surface area contributed by atoms with Crippen molar-refractivity contribution < 1.29 is 9.53 Å². The molecule has 3 aromatic rings. The molecule has 148 valence electrons. The van der Waals surface area contributed by atoms with E-state index in [4.69, 9.17) is 4.74 Å². The first-order valence-electron chi connectivity index (χ1n) is 9.76. The molecule has 0 aromatic heterocycles. The molecule has 0 aliphatic rings. The van der Waals surface area contributed by atoms with Gasteiger partial charge in [0.1, 0.15) is 6.10 Å². The lowest BCUT2D eigenvalue weighted by Crippen LogP contribution is -2.17. The Morgan fingerprint density at radius 3 is 2.38 bits per heavy atom. The lowest BCUT2D eigenvalue weighted by molar-refractivity contribution is 0.0382. The Labute approximate surface area is 181 Å². The summed E-state index contributed by atoms with van der Waals surface area (Å²) in [6, 6.07) is 23.7. The summed E-state index contributed by atoms with van der Waals surface area (Å²) in [7, 11) is 0. The minimum Gasteiger partial charge on any atom is -0.455 e. The van der Waals surface area contributed by atoms with E-state index in [0.29, 0.717) is 5.56 Å². The van der Waals surface area contributed by atoms with Crippen molar-refractivity contribution in [2.75, 3.05) is 0 Å². The Bertz CT molecular complexity index is 972. The number of carbonyl (C=O) groups excluding carboxylic acids is 1. The SMILES string of the molecule is Cc1cc(C)cc(CC[C@H](/C=C/c2cccc(Br)c2)OC(=O)c2ccccc2)c1. The highest BCUT2D eigenvalue weighted by molar-refractivity contribution is 9.10. The summed E-state index contributed by atoms with van der Waals surface area (Å²) >= 11 is 3.50. The van der Waals surface area contributed by atoms with Crippen molar-refractivity contribution in [1.29, 1.82) is 0 Å². The number of esters is 1. The number of hydrogen-bond acceptors (Lipinski definition) is 2. The summed E-state index contributed by atoms with van der Waals surface area (Å²) in [5.41, 5.74) is 5.40. The maximum absolute atomic E-state index is 12.6. The summed E-state index contributed by atoms with van der Waals surface area (Å²) in [6.07, 6.45) is 5.26. The van der Waals surface area contributed by atoms with Crippen LogP contribution in [0, 0.1) is 13.8 Å². The van der Waals surface area contributed by atoms with Crippen LogP contribution in [0.2, 0.25) is 0 Å². The third-order valence-corrected chi connectivity index (χ3v) is 5.11. The quantitative estimate of drug-likeness (QED) is 0.366. The van der Waals surface area contributed by atoms with Crippen LogP contribution >= 0.6 is 15.9 Å². The van der Waals surface area contributed by atoms with Crippen LogP contribution in [0.15, 0.2) is 83.3 Å². The van der Waals surface area contributed by atoms with Crippen molar-refractivity contribution in [3.05, 3.63) is 111 Å². The molecule has 3 aromatic carbocycles. The monoisotopic (exact) mass is 448 g/mol. The number of ether oxygens (including phenoxy) is 1.